The molecule has 3 aromatic rings. The van der Waals surface area contributed by atoms with E-state index in [-0.39, 0.29) is 17.7 Å². The molecule has 116 valence electrons. The minimum absolute atomic E-state index is 0.0365. The van der Waals surface area contributed by atoms with E-state index in [1.165, 1.54) is 11.3 Å². The Morgan fingerprint density at radius 2 is 2.09 bits per heavy atom. The lowest BCUT2D eigenvalue weighted by molar-refractivity contribution is -0.119. The number of carbonyl (C=O) groups excluding carboxylic acids is 1. The molecule has 0 unspecified atom stereocenters. The summed E-state index contributed by atoms with van der Waals surface area (Å²) >= 11 is 1.50. The average molecular weight is 324 g/mol. The second kappa shape index (κ2) is 5.66. The quantitative estimate of drug-likeness (QED) is 0.709. The number of furan rings is 1. The Balaban J connectivity index is 1.65. The third kappa shape index (κ3) is 2.68. The number of para-hydroxylation sites is 1. The van der Waals surface area contributed by atoms with E-state index < -0.39 is 0 Å². The number of hydrogen-bond donors (Lipinski definition) is 0. The Labute approximate surface area is 138 Å². The van der Waals surface area contributed by atoms with E-state index in [1.807, 2.05) is 54.8 Å². The zero-order chi connectivity index (χ0) is 15.8. The molecule has 1 aromatic carbocycles. The molecule has 4 nitrogen and oxygen atoms in total. The number of carbonyl (C=O) groups is 1. The van der Waals surface area contributed by atoms with Crippen molar-refractivity contribution in [2.24, 2.45) is 5.92 Å². The SMILES string of the molecule is Cc1csc(N(C(=O)[C@@H]2C[C@@H]2c2ccco2)c2ccccc2)n1. The molecule has 2 atom stereocenters. The van der Waals surface area contributed by atoms with Crippen LogP contribution in [0.1, 0.15) is 23.8 Å². The lowest BCUT2D eigenvalue weighted by Gasteiger charge is -2.20. The van der Waals surface area contributed by atoms with Gasteiger partial charge in [0.05, 0.1) is 17.6 Å². The summed E-state index contributed by atoms with van der Waals surface area (Å²) in [5, 5.41) is 2.69. The molecular formula is C18H16N2O2S. The number of amides is 1. The van der Waals surface area contributed by atoms with Gasteiger partial charge in [-0.2, -0.15) is 0 Å². The highest BCUT2D eigenvalue weighted by Crippen LogP contribution is 2.50. The maximum absolute atomic E-state index is 13.1. The van der Waals surface area contributed by atoms with Crippen molar-refractivity contribution in [1.29, 1.82) is 0 Å². The topological polar surface area (TPSA) is 46.3 Å². The smallest absolute Gasteiger partial charge is 0.237 e. The maximum atomic E-state index is 13.1. The minimum Gasteiger partial charge on any atom is -0.469 e. The van der Waals surface area contributed by atoms with Crippen LogP contribution in [-0.2, 0) is 4.79 Å². The number of hydrogen-bond acceptors (Lipinski definition) is 4. The van der Waals surface area contributed by atoms with Crippen LogP contribution < -0.4 is 4.90 Å². The van der Waals surface area contributed by atoms with Crippen molar-refractivity contribution in [1.82, 2.24) is 4.98 Å². The van der Waals surface area contributed by atoms with Crippen LogP contribution in [0.3, 0.4) is 0 Å². The van der Waals surface area contributed by atoms with E-state index >= 15 is 0 Å². The summed E-state index contributed by atoms with van der Waals surface area (Å²) in [6.07, 6.45) is 2.49. The molecule has 0 radical (unpaired) electrons. The molecule has 1 aliphatic rings. The normalized spacial score (nSPS) is 19.5. The van der Waals surface area contributed by atoms with Crippen molar-refractivity contribution in [3.63, 3.8) is 0 Å². The second-order valence-corrected chi connectivity index (χ2v) is 6.58. The summed E-state index contributed by atoms with van der Waals surface area (Å²) < 4.78 is 5.45. The second-order valence-electron chi connectivity index (χ2n) is 5.74. The van der Waals surface area contributed by atoms with E-state index in [1.54, 1.807) is 11.2 Å². The van der Waals surface area contributed by atoms with Gasteiger partial charge in [-0.25, -0.2) is 4.98 Å². The molecule has 2 heterocycles. The third-order valence-electron chi connectivity index (χ3n) is 4.05. The predicted molar refractivity (Wildman–Crippen MR) is 90.0 cm³/mol. The number of anilines is 2. The molecule has 1 aliphatic carbocycles. The lowest BCUT2D eigenvalue weighted by atomic mass is 10.2. The Kier molecular flexibility index (Phi) is 3.50. The van der Waals surface area contributed by atoms with Gasteiger partial charge in [-0.1, -0.05) is 18.2 Å². The van der Waals surface area contributed by atoms with Crippen LogP contribution in [0.4, 0.5) is 10.8 Å². The van der Waals surface area contributed by atoms with Crippen LogP contribution in [0.5, 0.6) is 0 Å². The maximum Gasteiger partial charge on any atom is 0.237 e. The number of thiazole rings is 1. The van der Waals surface area contributed by atoms with Crippen molar-refractivity contribution in [3.05, 3.63) is 65.6 Å². The summed E-state index contributed by atoms with van der Waals surface area (Å²) in [7, 11) is 0. The van der Waals surface area contributed by atoms with Gasteiger partial charge in [0.25, 0.3) is 0 Å². The number of aromatic nitrogens is 1. The average Bonchev–Trinajstić information content (AvgIpc) is 2.96. The Hall–Kier alpha value is -2.40. The zero-order valence-corrected chi connectivity index (χ0v) is 13.5. The van der Waals surface area contributed by atoms with E-state index in [0.29, 0.717) is 0 Å². The van der Waals surface area contributed by atoms with E-state index in [9.17, 15) is 4.79 Å². The molecule has 0 N–H and O–H groups in total. The van der Waals surface area contributed by atoms with Gasteiger partial charge in [0.15, 0.2) is 5.13 Å². The van der Waals surface area contributed by atoms with Crippen molar-refractivity contribution in [2.45, 2.75) is 19.3 Å². The standard InChI is InChI=1S/C18H16N2O2S/c1-12-11-23-18(19-12)20(13-6-3-2-4-7-13)17(21)15-10-14(15)16-8-5-9-22-16/h2-9,11,14-15H,10H2,1H3/t14-,15+/m0/s1. The predicted octanol–water partition coefficient (Wildman–Crippen LogP) is 4.51. The van der Waals surface area contributed by atoms with Crippen LogP contribution in [0, 0.1) is 12.8 Å². The highest BCUT2D eigenvalue weighted by molar-refractivity contribution is 7.14. The summed E-state index contributed by atoms with van der Waals surface area (Å²) in [4.78, 5) is 19.3. The molecular weight excluding hydrogens is 308 g/mol. The van der Waals surface area contributed by atoms with Crippen molar-refractivity contribution < 1.29 is 9.21 Å². The highest BCUT2D eigenvalue weighted by Gasteiger charge is 2.48. The van der Waals surface area contributed by atoms with Gasteiger partial charge in [0, 0.05) is 17.2 Å². The van der Waals surface area contributed by atoms with Crippen LogP contribution >= 0.6 is 11.3 Å². The van der Waals surface area contributed by atoms with Crippen molar-refractivity contribution >= 4 is 28.1 Å². The van der Waals surface area contributed by atoms with E-state index in [0.717, 1.165) is 28.7 Å². The molecule has 4 rings (SSSR count). The summed E-state index contributed by atoms with van der Waals surface area (Å²) in [5.74, 6) is 1.13. The molecule has 1 fully saturated rings. The largest absolute Gasteiger partial charge is 0.469 e. The summed E-state index contributed by atoms with van der Waals surface area (Å²) in [5.41, 5.74) is 1.79. The molecule has 2 aromatic heterocycles. The molecule has 0 spiro atoms. The third-order valence-corrected chi connectivity index (χ3v) is 4.99. The first-order valence-corrected chi connectivity index (χ1v) is 8.46. The lowest BCUT2D eigenvalue weighted by Crippen LogP contribution is -2.27. The first-order chi connectivity index (χ1) is 11.2. The molecule has 0 saturated heterocycles. The van der Waals surface area contributed by atoms with Gasteiger partial charge >= 0.3 is 0 Å². The molecule has 23 heavy (non-hydrogen) atoms. The van der Waals surface area contributed by atoms with Gasteiger partial charge in [0.2, 0.25) is 5.91 Å². The number of rotatable bonds is 4. The highest BCUT2D eigenvalue weighted by atomic mass is 32.1. The molecule has 0 aliphatic heterocycles. The minimum atomic E-state index is -0.0365. The fourth-order valence-electron chi connectivity index (χ4n) is 2.80. The fourth-order valence-corrected chi connectivity index (χ4v) is 3.63. The number of benzene rings is 1. The zero-order valence-electron chi connectivity index (χ0n) is 12.7. The molecule has 1 saturated carbocycles. The summed E-state index contributed by atoms with van der Waals surface area (Å²) in [6.45, 7) is 1.94. The van der Waals surface area contributed by atoms with Crippen LogP contribution in [0.25, 0.3) is 0 Å². The van der Waals surface area contributed by atoms with Crippen LogP contribution in [0.15, 0.2) is 58.5 Å². The van der Waals surface area contributed by atoms with Crippen LogP contribution in [0.2, 0.25) is 0 Å². The van der Waals surface area contributed by atoms with E-state index in [2.05, 4.69) is 4.98 Å². The van der Waals surface area contributed by atoms with Crippen molar-refractivity contribution in [3.8, 4) is 0 Å². The van der Waals surface area contributed by atoms with Gasteiger partial charge in [-0.15, -0.1) is 11.3 Å². The van der Waals surface area contributed by atoms with Crippen molar-refractivity contribution in [2.75, 3.05) is 4.90 Å². The summed E-state index contributed by atoms with van der Waals surface area (Å²) in [6, 6.07) is 13.5. The monoisotopic (exact) mass is 324 g/mol. The first kappa shape index (κ1) is 14.2. The van der Waals surface area contributed by atoms with Gasteiger partial charge in [-0.3, -0.25) is 9.69 Å². The van der Waals surface area contributed by atoms with E-state index in [4.69, 9.17) is 4.42 Å². The first-order valence-electron chi connectivity index (χ1n) is 7.58. The molecule has 0 bridgehead atoms. The molecule has 1 amide bonds. The van der Waals surface area contributed by atoms with Crippen LogP contribution in [-0.4, -0.2) is 10.9 Å². The Bertz CT molecular complexity index is 811. The Morgan fingerprint density at radius 3 is 2.74 bits per heavy atom. The number of aryl methyl sites for hydroxylation is 1. The van der Waals surface area contributed by atoms with Gasteiger partial charge in [0.1, 0.15) is 5.76 Å². The Morgan fingerprint density at radius 1 is 1.26 bits per heavy atom. The fraction of sp³-hybridized carbons (Fsp3) is 0.222. The van der Waals surface area contributed by atoms with Gasteiger partial charge < -0.3 is 4.42 Å². The number of nitrogens with zero attached hydrogens (tertiary/aromatic N) is 2. The molecule has 5 heteroatoms. The van der Waals surface area contributed by atoms with Gasteiger partial charge in [-0.05, 0) is 37.6 Å².